The number of amides is 1. The number of benzene rings is 2. The van der Waals surface area contributed by atoms with Crippen molar-refractivity contribution in [2.75, 3.05) is 51.9 Å². The largest absolute Gasteiger partial charge is 0.493 e. The molecule has 0 N–H and O–H groups in total. The second kappa shape index (κ2) is 8.79. The normalized spacial score (nSPS) is 14.1. The maximum Gasteiger partial charge on any atom is 0.257 e. The molecule has 1 fully saturated rings. The summed E-state index contributed by atoms with van der Waals surface area (Å²) in [4.78, 5) is 22.0. The van der Waals surface area contributed by atoms with Crippen molar-refractivity contribution in [1.82, 2.24) is 9.88 Å². The van der Waals surface area contributed by atoms with E-state index in [2.05, 4.69) is 11.0 Å². The Hall–Kier alpha value is -3.00. The molecular formula is C22H25N3O4S. The summed E-state index contributed by atoms with van der Waals surface area (Å²) in [5.74, 6) is 1.80. The van der Waals surface area contributed by atoms with Crippen molar-refractivity contribution in [3.63, 3.8) is 0 Å². The molecule has 2 aromatic carbocycles. The molecule has 0 spiro atoms. The monoisotopic (exact) mass is 427 g/mol. The Kier molecular flexibility index (Phi) is 5.94. The molecule has 158 valence electrons. The third kappa shape index (κ3) is 3.75. The summed E-state index contributed by atoms with van der Waals surface area (Å²) in [6.45, 7) is 5.27. The smallest absolute Gasteiger partial charge is 0.257 e. The van der Waals surface area contributed by atoms with Crippen LogP contribution in [0.25, 0.3) is 10.2 Å². The number of ether oxygens (including phenoxy) is 3. The third-order valence-electron chi connectivity index (χ3n) is 5.14. The standard InChI is InChI=1S/C22H25N3O4S/c1-4-29-16-8-6-10-18-19(16)23-22(30-18)25-13-11-24(12-14-25)21(26)15-7-5-9-17(27-2)20(15)28-3/h5-10H,4,11-14H2,1-3H3. The highest BCUT2D eigenvalue weighted by Crippen LogP contribution is 2.35. The fourth-order valence-electron chi connectivity index (χ4n) is 3.65. The fourth-order valence-corrected chi connectivity index (χ4v) is 4.68. The lowest BCUT2D eigenvalue weighted by molar-refractivity contribution is 0.0742. The fraction of sp³-hybridized carbons (Fsp3) is 0.364. The Balaban J connectivity index is 1.49. The number of anilines is 1. The molecule has 0 bridgehead atoms. The molecule has 0 unspecified atom stereocenters. The van der Waals surface area contributed by atoms with Crippen LogP contribution < -0.4 is 19.1 Å². The average molecular weight is 428 g/mol. The maximum absolute atomic E-state index is 13.1. The van der Waals surface area contributed by atoms with E-state index in [0.29, 0.717) is 36.8 Å². The van der Waals surface area contributed by atoms with E-state index in [1.54, 1.807) is 37.7 Å². The number of piperazine rings is 1. The van der Waals surface area contributed by atoms with Gasteiger partial charge in [-0.05, 0) is 31.2 Å². The summed E-state index contributed by atoms with van der Waals surface area (Å²) in [5.41, 5.74) is 1.42. The Bertz CT molecular complexity index is 1040. The Labute approximate surface area is 179 Å². The van der Waals surface area contributed by atoms with Crippen molar-refractivity contribution in [1.29, 1.82) is 0 Å². The quantitative estimate of drug-likeness (QED) is 0.598. The summed E-state index contributed by atoms with van der Waals surface area (Å²) < 4.78 is 17.6. The lowest BCUT2D eigenvalue weighted by Gasteiger charge is -2.34. The molecule has 1 aromatic heterocycles. The SMILES string of the molecule is CCOc1cccc2sc(N3CCN(C(=O)c4cccc(OC)c4OC)CC3)nc12. The summed E-state index contributed by atoms with van der Waals surface area (Å²) in [6.07, 6.45) is 0. The number of hydrogen-bond donors (Lipinski definition) is 0. The molecule has 2 heterocycles. The van der Waals surface area contributed by atoms with E-state index < -0.39 is 0 Å². The van der Waals surface area contributed by atoms with Gasteiger partial charge in [-0.15, -0.1) is 0 Å². The molecule has 0 radical (unpaired) electrons. The first-order valence-corrected chi connectivity index (χ1v) is 10.8. The van der Waals surface area contributed by atoms with Gasteiger partial charge in [-0.3, -0.25) is 4.79 Å². The van der Waals surface area contributed by atoms with Crippen LogP contribution in [0.4, 0.5) is 5.13 Å². The van der Waals surface area contributed by atoms with Crippen LogP contribution >= 0.6 is 11.3 Å². The highest BCUT2D eigenvalue weighted by atomic mass is 32.1. The van der Waals surface area contributed by atoms with Crippen molar-refractivity contribution in [3.05, 3.63) is 42.0 Å². The minimum atomic E-state index is -0.0478. The van der Waals surface area contributed by atoms with Gasteiger partial charge in [-0.1, -0.05) is 23.5 Å². The van der Waals surface area contributed by atoms with Crippen LogP contribution in [0.5, 0.6) is 17.2 Å². The molecule has 4 rings (SSSR count). The second-order valence-corrected chi connectivity index (χ2v) is 7.86. The van der Waals surface area contributed by atoms with Crippen molar-refractivity contribution in [2.24, 2.45) is 0 Å². The van der Waals surface area contributed by atoms with E-state index >= 15 is 0 Å². The van der Waals surface area contributed by atoms with Crippen LogP contribution in [0.2, 0.25) is 0 Å². The van der Waals surface area contributed by atoms with Gasteiger partial charge in [0.1, 0.15) is 11.3 Å². The molecule has 0 aliphatic carbocycles. The summed E-state index contributed by atoms with van der Waals surface area (Å²) in [6, 6.07) is 11.4. The number of nitrogens with zero attached hydrogens (tertiary/aromatic N) is 3. The topological polar surface area (TPSA) is 64.1 Å². The van der Waals surface area contributed by atoms with Gasteiger partial charge in [0, 0.05) is 26.2 Å². The number of aromatic nitrogens is 1. The van der Waals surface area contributed by atoms with Crippen LogP contribution in [-0.4, -0.2) is 62.8 Å². The van der Waals surface area contributed by atoms with Crippen LogP contribution in [-0.2, 0) is 0 Å². The van der Waals surface area contributed by atoms with Gasteiger partial charge in [-0.25, -0.2) is 4.98 Å². The first-order chi connectivity index (χ1) is 14.7. The van der Waals surface area contributed by atoms with Crippen molar-refractivity contribution in [2.45, 2.75) is 6.92 Å². The molecule has 8 heteroatoms. The highest BCUT2D eigenvalue weighted by Gasteiger charge is 2.27. The average Bonchev–Trinajstić information content (AvgIpc) is 3.23. The van der Waals surface area contributed by atoms with E-state index in [9.17, 15) is 4.79 Å². The Morgan fingerprint density at radius 2 is 1.77 bits per heavy atom. The molecule has 0 atom stereocenters. The number of para-hydroxylation sites is 2. The number of fused-ring (bicyclic) bond motifs is 1. The van der Waals surface area contributed by atoms with Gasteiger partial charge in [0.25, 0.3) is 5.91 Å². The van der Waals surface area contributed by atoms with E-state index in [-0.39, 0.29) is 5.91 Å². The van der Waals surface area contributed by atoms with Gasteiger partial charge in [0.05, 0.1) is 31.1 Å². The molecule has 1 saturated heterocycles. The zero-order valence-corrected chi connectivity index (χ0v) is 18.2. The number of thiazole rings is 1. The van der Waals surface area contributed by atoms with Crippen LogP contribution in [0.3, 0.4) is 0 Å². The number of carbonyl (C=O) groups excluding carboxylic acids is 1. The maximum atomic E-state index is 13.1. The first kappa shape index (κ1) is 20.3. The summed E-state index contributed by atoms with van der Waals surface area (Å²) >= 11 is 1.66. The van der Waals surface area contributed by atoms with E-state index in [4.69, 9.17) is 19.2 Å². The van der Waals surface area contributed by atoms with Gasteiger partial charge in [-0.2, -0.15) is 0 Å². The molecule has 30 heavy (non-hydrogen) atoms. The number of carbonyl (C=O) groups is 1. The van der Waals surface area contributed by atoms with Gasteiger partial charge < -0.3 is 24.0 Å². The van der Waals surface area contributed by atoms with Gasteiger partial charge in [0.2, 0.25) is 0 Å². The molecular weight excluding hydrogens is 402 g/mol. The number of rotatable bonds is 6. The lowest BCUT2D eigenvalue weighted by Crippen LogP contribution is -2.48. The van der Waals surface area contributed by atoms with Crippen molar-refractivity contribution >= 4 is 32.6 Å². The van der Waals surface area contributed by atoms with E-state index in [0.717, 1.165) is 34.2 Å². The molecule has 3 aromatic rings. The van der Waals surface area contributed by atoms with Gasteiger partial charge >= 0.3 is 0 Å². The van der Waals surface area contributed by atoms with E-state index in [1.807, 2.05) is 30.0 Å². The molecule has 7 nitrogen and oxygen atoms in total. The summed E-state index contributed by atoms with van der Waals surface area (Å²) in [5, 5.41) is 0.961. The van der Waals surface area contributed by atoms with Crippen molar-refractivity contribution in [3.8, 4) is 17.2 Å². The predicted octanol–water partition coefficient (Wildman–Crippen LogP) is 3.67. The Morgan fingerprint density at radius 1 is 1.03 bits per heavy atom. The number of hydrogen-bond acceptors (Lipinski definition) is 7. The van der Waals surface area contributed by atoms with Crippen LogP contribution in [0, 0.1) is 0 Å². The second-order valence-electron chi connectivity index (χ2n) is 6.85. The minimum Gasteiger partial charge on any atom is -0.493 e. The molecule has 1 aliphatic rings. The van der Waals surface area contributed by atoms with Gasteiger partial charge in [0.15, 0.2) is 16.6 Å². The minimum absolute atomic E-state index is 0.0478. The highest BCUT2D eigenvalue weighted by molar-refractivity contribution is 7.22. The van der Waals surface area contributed by atoms with Crippen molar-refractivity contribution < 1.29 is 19.0 Å². The zero-order valence-electron chi connectivity index (χ0n) is 17.4. The third-order valence-corrected chi connectivity index (χ3v) is 6.22. The van der Waals surface area contributed by atoms with Crippen LogP contribution in [0.1, 0.15) is 17.3 Å². The predicted molar refractivity (Wildman–Crippen MR) is 118 cm³/mol. The summed E-state index contributed by atoms with van der Waals surface area (Å²) in [7, 11) is 3.12. The first-order valence-electron chi connectivity index (χ1n) is 9.93. The number of methoxy groups -OCH3 is 2. The lowest BCUT2D eigenvalue weighted by atomic mass is 10.1. The van der Waals surface area contributed by atoms with E-state index in [1.165, 1.54) is 0 Å². The molecule has 1 aliphatic heterocycles. The Morgan fingerprint density at radius 3 is 2.47 bits per heavy atom. The molecule has 0 saturated carbocycles. The van der Waals surface area contributed by atoms with Crippen LogP contribution in [0.15, 0.2) is 36.4 Å². The zero-order chi connectivity index (χ0) is 21.1. The molecule has 1 amide bonds.